The number of unbranched alkanes of at least 4 members (excludes halogenated alkanes) is 1. The van der Waals surface area contributed by atoms with Gasteiger partial charge >= 0.3 is 41.8 Å². The largest absolute Gasteiger partial charge is 0.462 e. The summed E-state index contributed by atoms with van der Waals surface area (Å²) in [6, 6.07) is 7.51. The van der Waals surface area contributed by atoms with Gasteiger partial charge in [-0.2, -0.15) is 57.1 Å². The number of ether oxygens (including phenoxy) is 1. The third-order valence-corrected chi connectivity index (χ3v) is 5.20. The van der Waals surface area contributed by atoms with E-state index in [1.165, 1.54) is 24.3 Å². The average Bonchev–Trinajstić information content (AvgIpc) is 2.72. The SMILES string of the molecule is O=C(OCCCC/C(I)=C\C(F)(F)C(F)(F)C(F)(F)C(F)(F)C(F)(F)C(F)(F)F)c1ccccc1. The fourth-order valence-electron chi connectivity index (χ4n) is 2.36. The number of esters is 1. The maximum Gasteiger partial charge on any atom is 0.460 e. The van der Waals surface area contributed by atoms with Gasteiger partial charge in [0.1, 0.15) is 0 Å². The Kier molecular flexibility index (Phi) is 9.56. The molecule has 200 valence electrons. The molecule has 16 heteroatoms. The number of carbonyl (C=O) groups excluding carboxylic acids is 1. The van der Waals surface area contributed by atoms with E-state index in [0.29, 0.717) is 0 Å². The molecular formula is C19H14F13IO2. The van der Waals surface area contributed by atoms with Crippen LogP contribution in [0.25, 0.3) is 0 Å². The van der Waals surface area contributed by atoms with E-state index >= 15 is 0 Å². The van der Waals surface area contributed by atoms with Crippen molar-refractivity contribution in [1.29, 1.82) is 0 Å². The van der Waals surface area contributed by atoms with E-state index < -0.39 is 57.8 Å². The lowest BCUT2D eigenvalue weighted by atomic mass is 9.93. The zero-order chi connectivity index (χ0) is 27.5. The van der Waals surface area contributed by atoms with Gasteiger partial charge in [0.15, 0.2) is 0 Å². The molecule has 0 aromatic heterocycles. The van der Waals surface area contributed by atoms with Gasteiger partial charge in [0.2, 0.25) is 0 Å². The first kappa shape index (κ1) is 31.3. The molecule has 0 aliphatic carbocycles. The lowest BCUT2D eigenvalue weighted by molar-refractivity contribution is -0.436. The Morgan fingerprint density at radius 3 is 1.71 bits per heavy atom. The number of hydrogen-bond acceptors (Lipinski definition) is 2. The molecule has 35 heavy (non-hydrogen) atoms. The molecule has 0 aliphatic heterocycles. The first-order chi connectivity index (χ1) is 15.6. The van der Waals surface area contributed by atoms with Crippen molar-refractivity contribution in [2.75, 3.05) is 6.61 Å². The highest BCUT2D eigenvalue weighted by Gasteiger charge is 2.90. The third kappa shape index (κ3) is 6.34. The van der Waals surface area contributed by atoms with Crippen LogP contribution >= 0.6 is 22.6 Å². The van der Waals surface area contributed by atoms with E-state index in [0.717, 1.165) is 22.6 Å². The molecule has 0 saturated carbocycles. The molecule has 2 nitrogen and oxygen atoms in total. The highest BCUT2D eigenvalue weighted by molar-refractivity contribution is 14.1. The molecule has 0 fully saturated rings. The molecule has 0 bridgehead atoms. The summed E-state index contributed by atoms with van der Waals surface area (Å²) in [4.78, 5) is 11.7. The summed E-state index contributed by atoms with van der Waals surface area (Å²) in [7, 11) is 0. The van der Waals surface area contributed by atoms with Crippen molar-refractivity contribution in [3.8, 4) is 0 Å². The van der Waals surface area contributed by atoms with Crippen molar-refractivity contribution in [3.05, 3.63) is 45.6 Å². The number of rotatable bonds is 11. The molecule has 1 rings (SSSR count). The van der Waals surface area contributed by atoms with Gasteiger partial charge in [-0.25, -0.2) is 4.79 Å². The average molecular weight is 648 g/mol. The summed E-state index contributed by atoms with van der Waals surface area (Å²) >= 11 is 0.939. The van der Waals surface area contributed by atoms with Crippen LogP contribution in [0.3, 0.4) is 0 Å². The monoisotopic (exact) mass is 648 g/mol. The van der Waals surface area contributed by atoms with Crippen LogP contribution in [0.4, 0.5) is 57.1 Å². The maximum absolute atomic E-state index is 13.8. The highest BCUT2D eigenvalue weighted by Crippen LogP contribution is 2.60. The molecule has 1 aromatic rings. The van der Waals surface area contributed by atoms with Crippen LogP contribution in [0.5, 0.6) is 0 Å². The minimum Gasteiger partial charge on any atom is -0.462 e. The topological polar surface area (TPSA) is 26.3 Å². The predicted octanol–water partition coefficient (Wildman–Crippen LogP) is 8.07. The van der Waals surface area contributed by atoms with Gasteiger partial charge in [-0.3, -0.25) is 0 Å². The maximum atomic E-state index is 13.8. The van der Waals surface area contributed by atoms with Gasteiger partial charge in [-0.05, 0) is 57.6 Å². The van der Waals surface area contributed by atoms with Crippen LogP contribution in [0.15, 0.2) is 40.0 Å². The highest BCUT2D eigenvalue weighted by atomic mass is 127. The van der Waals surface area contributed by atoms with Crippen LogP contribution in [-0.2, 0) is 4.74 Å². The molecule has 0 N–H and O–H groups in total. The Morgan fingerprint density at radius 2 is 1.23 bits per heavy atom. The zero-order valence-corrected chi connectivity index (χ0v) is 19.1. The van der Waals surface area contributed by atoms with E-state index in [-0.39, 0.29) is 25.0 Å². The molecule has 0 amide bonds. The van der Waals surface area contributed by atoms with Crippen LogP contribution in [-0.4, -0.2) is 48.4 Å². The summed E-state index contributed by atoms with van der Waals surface area (Å²) in [6.07, 6.45) is -9.15. The second kappa shape index (κ2) is 10.7. The Labute approximate surface area is 202 Å². The quantitative estimate of drug-likeness (QED) is 0.105. The van der Waals surface area contributed by atoms with Gasteiger partial charge in [-0.1, -0.05) is 18.2 Å². The molecular weight excluding hydrogens is 634 g/mol. The first-order valence-corrected chi connectivity index (χ1v) is 10.3. The van der Waals surface area contributed by atoms with E-state index in [4.69, 9.17) is 4.74 Å². The fourth-order valence-corrected chi connectivity index (χ4v) is 3.13. The Hall–Kier alpha value is -1.75. The smallest absolute Gasteiger partial charge is 0.460 e. The lowest BCUT2D eigenvalue weighted by Crippen LogP contribution is -2.69. The number of alkyl halides is 13. The molecule has 0 heterocycles. The minimum atomic E-state index is -7.92. The lowest BCUT2D eigenvalue weighted by Gasteiger charge is -2.39. The number of benzene rings is 1. The molecule has 0 unspecified atom stereocenters. The van der Waals surface area contributed by atoms with Crippen LogP contribution in [0, 0.1) is 0 Å². The third-order valence-electron chi connectivity index (χ3n) is 4.35. The molecule has 0 atom stereocenters. The number of hydrogen-bond donors (Lipinski definition) is 0. The Bertz CT molecular complexity index is 896. The van der Waals surface area contributed by atoms with Crippen molar-refractivity contribution in [2.24, 2.45) is 0 Å². The second-order valence-corrected chi connectivity index (χ2v) is 8.35. The fraction of sp³-hybridized carbons (Fsp3) is 0.526. The standard InChI is InChI=1S/C19H14F13IO2/c20-14(21,15(22,23)16(24,25)17(26,27)18(28,29)19(30,31)32)10-12(33)8-4-5-9-35-13(34)11-6-2-1-3-7-11/h1-3,6-7,10H,4-5,8-9H2/b12-10+. The second-order valence-electron chi connectivity index (χ2n) is 6.97. The predicted molar refractivity (Wildman–Crippen MR) is 103 cm³/mol. The Balaban J connectivity index is 2.88. The first-order valence-electron chi connectivity index (χ1n) is 9.18. The van der Waals surface area contributed by atoms with E-state index in [1.54, 1.807) is 6.07 Å². The molecule has 0 radical (unpaired) electrons. The van der Waals surface area contributed by atoms with Gasteiger partial charge in [-0.15, -0.1) is 0 Å². The normalized spacial score (nSPS) is 14.7. The van der Waals surface area contributed by atoms with Crippen LogP contribution in [0.1, 0.15) is 29.6 Å². The molecule has 0 spiro atoms. The van der Waals surface area contributed by atoms with Crippen molar-refractivity contribution >= 4 is 28.6 Å². The number of carbonyl (C=O) groups is 1. The minimum absolute atomic E-state index is 0.0487. The van der Waals surface area contributed by atoms with Gasteiger partial charge < -0.3 is 4.74 Å². The van der Waals surface area contributed by atoms with Gasteiger partial charge in [0, 0.05) is 6.08 Å². The van der Waals surface area contributed by atoms with Crippen molar-refractivity contribution < 1.29 is 66.6 Å². The molecule has 0 saturated heterocycles. The summed E-state index contributed by atoms with van der Waals surface area (Å²) in [6.45, 7) is -0.277. The summed E-state index contributed by atoms with van der Waals surface area (Å²) in [5.41, 5.74) is 0.178. The summed E-state index contributed by atoms with van der Waals surface area (Å²) in [5.74, 6) is -37.8. The van der Waals surface area contributed by atoms with E-state index in [9.17, 15) is 61.9 Å². The molecule has 0 aliphatic rings. The van der Waals surface area contributed by atoms with Crippen LogP contribution in [0.2, 0.25) is 0 Å². The zero-order valence-electron chi connectivity index (χ0n) is 16.9. The van der Waals surface area contributed by atoms with Crippen molar-refractivity contribution in [1.82, 2.24) is 0 Å². The Morgan fingerprint density at radius 1 is 0.743 bits per heavy atom. The molecule has 1 aromatic carbocycles. The van der Waals surface area contributed by atoms with Gasteiger partial charge in [0.05, 0.1) is 12.2 Å². The summed E-state index contributed by atoms with van der Waals surface area (Å²) < 4.78 is 174. The van der Waals surface area contributed by atoms with E-state index in [2.05, 4.69) is 0 Å². The number of halogens is 14. The van der Waals surface area contributed by atoms with Crippen molar-refractivity contribution in [2.45, 2.75) is 55.1 Å². The van der Waals surface area contributed by atoms with E-state index in [1.807, 2.05) is 0 Å². The van der Waals surface area contributed by atoms with Crippen LogP contribution < -0.4 is 0 Å². The van der Waals surface area contributed by atoms with Crippen molar-refractivity contribution in [3.63, 3.8) is 0 Å². The summed E-state index contributed by atoms with van der Waals surface area (Å²) in [5, 5.41) is 0. The van der Waals surface area contributed by atoms with Gasteiger partial charge in [0.25, 0.3) is 0 Å². The number of allylic oxidation sites excluding steroid dienone is 2.